The molecule has 0 saturated heterocycles. The number of allylic oxidation sites excluding steroid dienone is 1. The molecule has 0 unspecified atom stereocenters. The van der Waals surface area contributed by atoms with E-state index in [1.54, 1.807) is 0 Å². The maximum Gasteiger partial charge on any atom is 2.00 e. The van der Waals surface area contributed by atoms with Crippen LogP contribution in [-0.2, 0) is 26.6 Å². The first-order valence-corrected chi connectivity index (χ1v) is 14.0. The molecular weight excluding hydrogens is 529 g/mol. The summed E-state index contributed by atoms with van der Waals surface area (Å²) in [5, 5.41) is 3.24. The average Bonchev–Trinajstić information content (AvgIpc) is 3.70. The molecule has 0 amide bonds. The summed E-state index contributed by atoms with van der Waals surface area (Å²) in [7, 11) is -2.55. The van der Waals surface area contributed by atoms with Crippen LogP contribution in [0.25, 0.3) is 0 Å². The smallest absolute Gasteiger partial charge is 0.461 e. The molecule has 3 aromatic rings. The summed E-state index contributed by atoms with van der Waals surface area (Å²) in [6.45, 7) is 2.10. The van der Waals surface area contributed by atoms with Crippen LogP contribution in [0.5, 0.6) is 0 Å². The van der Waals surface area contributed by atoms with Gasteiger partial charge in [-0.05, 0) is 70.8 Å². The van der Waals surface area contributed by atoms with Crippen LogP contribution in [0.4, 0.5) is 0 Å². The number of esters is 1. The van der Waals surface area contributed by atoms with Gasteiger partial charge < -0.3 is 4.74 Å². The van der Waals surface area contributed by atoms with Crippen molar-refractivity contribution in [3.05, 3.63) is 166 Å². The van der Waals surface area contributed by atoms with E-state index in [-0.39, 0.29) is 17.1 Å². The van der Waals surface area contributed by atoms with Crippen LogP contribution in [0.1, 0.15) is 6.92 Å². The molecule has 0 heterocycles. The van der Waals surface area contributed by atoms with E-state index in [0.717, 1.165) is 21.8 Å². The number of hydrogen-bond acceptors (Lipinski definition) is 3. The predicted octanol–water partition coefficient (Wildman–Crippen LogP) is 6.04. The van der Waals surface area contributed by atoms with Crippen molar-refractivity contribution in [2.75, 3.05) is 6.61 Å². The second-order valence-corrected chi connectivity index (χ2v) is 11.2. The van der Waals surface area contributed by atoms with Gasteiger partial charge in [0.15, 0.2) is 0 Å². The summed E-state index contributed by atoms with van der Waals surface area (Å²) in [4.78, 5) is 13.1. The van der Waals surface area contributed by atoms with E-state index in [1.807, 2.05) is 125 Å². The fraction of sp³-hybridized carbons (Fsp3) is 0.0606. The second-order valence-electron chi connectivity index (χ2n) is 8.17. The van der Waals surface area contributed by atoms with E-state index in [1.165, 1.54) is 0 Å². The molecule has 0 atom stereocenters. The van der Waals surface area contributed by atoms with E-state index in [4.69, 9.17) is 9.48 Å². The van der Waals surface area contributed by atoms with Crippen molar-refractivity contribution in [2.24, 2.45) is 4.74 Å². The van der Waals surface area contributed by atoms with Gasteiger partial charge in [0.1, 0.15) is 5.70 Å². The minimum absolute atomic E-state index is 0. The van der Waals surface area contributed by atoms with Gasteiger partial charge in [0, 0.05) is 21.8 Å². The number of nitrogens with zero attached hydrogens (tertiary/aromatic N) is 1. The summed E-state index contributed by atoms with van der Waals surface area (Å²) in [5.41, 5.74) is 0.322. The SMILES string of the molecule is CCOC(=O)/C(=C/[C]1[CH][CH][CH][CH]1)N=P(c1ccccc1)(c1ccccc1)c1ccccc1.[CH]1[CH][CH][CH][CH]1.[Fe+2]. The number of benzene rings is 3. The number of rotatable bonds is 7. The van der Waals surface area contributed by atoms with Crippen LogP contribution in [0, 0.1) is 63.7 Å². The third-order valence-electron chi connectivity index (χ3n) is 5.68. The first-order chi connectivity index (χ1) is 18.2. The van der Waals surface area contributed by atoms with Crippen LogP contribution >= 0.6 is 7.05 Å². The zero-order valence-electron chi connectivity index (χ0n) is 21.2. The maximum atomic E-state index is 13.1. The largest absolute Gasteiger partial charge is 2.00 e. The Morgan fingerprint density at radius 3 is 1.45 bits per heavy atom. The van der Waals surface area contributed by atoms with Gasteiger partial charge >= 0.3 is 23.0 Å². The van der Waals surface area contributed by atoms with E-state index in [9.17, 15) is 4.79 Å². The number of carbonyl (C=O) groups is 1. The van der Waals surface area contributed by atoms with Crippen molar-refractivity contribution in [2.45, 2.75) is 6.92 Å². The van der Waals surface area contributed by atoms with Gasteiger partial charge in [-0.25, -0.2) is 9.54 Å². The summed E-state index contributed by atoms with van der Waals surface area (Å²) in [6, 6.07) is 30.7. The average molecular weight is 559 g/mol. The Labute approximate surface area is 239 Å². The van der Waals surface area contributed by atoms with Crippen molar-refractivity contribution < 1.29 is 26.6 Å². The molecule has 0 bridgehead atoms. The molecule has 2 saturated carbocycles. The fourth-order valence-electron chi connectivity index (χ4n) is 4.01. The Hall–Kier alpha value is -2.38. The normalized spacial score (nSPS) is 15.7. The van der Waals surface area contributed by atoms with Crippen molar-refractivity contribution in [3.63, 3.8) is 0 Å². The predicted molar refractivity (Wildman–Crippen MR) is 154 cm³/mol. The van der Waals surface area contributed by atoms with Crippen LogP contribution in [0.3, 0.4) is 0 Å². The van der Waals surface area contributed by atoms with Crippen molar-refractivity contribution in [1.29, 1.82) is 0 Å². The van der Waals surface area contributed by atoms with Gasteiger partial charge in [-0.2, -0.15) is 0 Å². The van der Waals surface area contributed by atoms with E-state index >= 15 is 0 Å². The Bertz CT molecular complexity index is 1070. The molecule has 5 rings (SSSR count). The quantitative estimate of drug-likeness (QED) is 0.153. The van der Waals surface area contributed by atoms with Gasteiger partial charge in [-0.1, -0.05) is 91.0 Å². The molecule has 2 fully saturated rings. The second kappa shape index (κ2) is 15.9. The monoisotopic (exact) mass is 559 g/mol. The first-order valence-electron chi connectivity index (χ1n) is 12.3. The van der Waals surface area contributed by atoms with Gasteiger partial charge in [-0.3, -0.25) is 0 Å². The van der Waals surface area contributed by atoms with Crippen molar-refractivity contribution in [3.8, 4) is 0 Å². The molecule has 10 radical (unpaired) electrons. The number of ether oxygens (including phenoxy) is 1. The molecule has 3 aromatic carbocycles. The van der Waals surface area contributed by atoms with Gasteiger partial charge in [0.25, 0.3) is 0 Å². The molecule has 0 N–H and O–H groups in total. The Morgan fingerprint density at radius 2 is 1.08 bits per heavy atom. The standard InChI is InChI=1S/C28H25NO2P.C5H5.Fe/c1-2-31-28(30)27(22-23-14-12-13-15-23)29-32(24-16-6-3-7-17-24,25-18-8-4-9-19-25)26-20-10-5-11-21-26;1-2-4-5-3-1;/h3-22H,2H2,1H3;1-5H;/q;;+2/b27-22-;;. The minimum Gasteiger partial charge on any atom is -0.461 e. The number of hydrogen-bond donors (Lipinski definition) is 0. The Balaban J connectivity index is 0.000000598. The van der Waals surface area contributed by atoms with Crippen molar-refractivity contribution in [1.82, 2.24) is 0 Å². The van der Waals surface area contributed by atoms with E-state index in [0.29, 0.717) is 12.3 Å². The topological polar surface area (TPSA) is 38.7 Å². The van der Waals surface area contributed by atoms with Crippen LogP contribution in [-0.4, -0.2) is 12.6 Å². The van der Waals surface area contributed by atoms with Crippen molar-refractivity contribution >= 4 is 28.9 Å². The molecule has 0 spiro atoms. The first kappa shape index (κ1) is 30.2. The fourth-order valence-corrected chi connectivity index (χ4v) is 7.52. The van der Waals surface area contributed by atoms with Gasteiger partial charge in [0.2, 0.25) is 0 Å². The summed E-state index contributed by atoms with van der Waals surface area (Å²) < 4.78 is 10.7. The Kier molecular flexibility index (Phi) is 12.6. The summed E-state index contributed by atoms with van der Waals surface area (Å²) in [6.07, 6.45) is 19.6. The summed E-state index contributed by atoms with van der Waals surface area (Å²) in [5.74, 6) is 0.505. The zero-order chi connectivity index (χ0) is 25.8. The van der Waals surface area contributed by atoms with Crippen LogP contribution in [0.15, 0.2) is 108 Å². The van der Waals surface area contributed by atoms with E-state index < -0.39 is 13.0 Å². The molecule has 2 aliphatic rings. The molecule has 0 aliphatic heterocycles. The molecule has 190 valence electrons. The van der Waals surface area contributed by atoms with Gasteiger partial charge in [-0.15, -0.1) is 0 Å². The van der Waals surface area contributed by atoms with Crippen LogP contribution in [0.2, 0.25) is 0 Å². The number of carbonyl (C=O) groups excluding carboxylic acids is 1. The minimum atomic E-state index is -2.55. The molecular formula is C33H30FeNO2P+2. The molecule has 38 heavy (non-hydrogen) atoms. The summed E-state index contributed by atoms with van der Waals surface area (Å²) >= 11 is 0. The van der Waals surface area contributed by atoms with E-state index in [2.05, 4.69) is 36.4 Å². The zero-order valence-corrected chi connectivity index (χ0v) is 23.2. The maximum absolute atomic E-state index is 13.1. The van der Waals surface area contributed by atoms with Crippen LogP contribution < -0.4 is 15.9 Å². The molecule has 2 aliphatic carbocycles. The third-order valence-corrected chi connectivity index (χ3v) is 9.33. The third kappa shape index (κ3) is 7.82. The molecule has 0 aromatic heterocycles. The molecule has 5 heteroatoms. The molecule has 3 nitrogen and oxygen atoms in total. The van der Waals surface area contributed by atoms with Gasteiger partial charge in [0.05, 0.1) is 13.7 Å². The Morgan fingerprint density at radius 1 is 0.684 bits per heavy atom.